The first-order valence-corrected chi connectivity index (χ1v) is 8.73. The largest absolute Gasteiger partial charge is 0.495 e. The fourth-order valence-corrected chi connectivity index (χ4v) is 2.84. The van der Waals surface area contributed by atoms with Crippen molar-refractivity contribution in [2.75, 3.05) is 26.1 Å². The van der Waals surface area contributed by atoms with E-state index in [1.807, 2.05) is 0 Å². The summed E-state index contributed by atoms with van der Waals surface area (Å²) in [7, 11) is 2.84. The Kier molecular flexibility index (Phi) is 6.28. The van der Waals surface area contributed by atoms with Gasteiger partial charge in [0.1, 0.15) is 11.3 Å². The Morgan fingerprint density at radius 2 is 1.93 bits per heavy atom. The Hall–Kier alpha value is -3.92. The van der Waals surface area contributed by atoms with Crippen molar-refractivity contribution in [3.05, 3.63) is 63.9 Å². The highest BCUT2D eigenvalue weighted by atomic mass is 16.6. The molecule has 0 aliphatic carbocycles. The molecule has 0 atom stereocenters. The quantitative estimate of drug-likeness (QED) is 0.338. The number of ether oxygens (including phenoxy) is 3. The van der Waals surface area contributed by atoms with Gasteiger partial charge in [-0.3, -0.25) is 14.9 Å². The second-order valence-corrected chi connectivity index (χ2v) is 6.10. The van der Waals surface area contributed by atoms with Crippen LogP contribution in [0.5, 0.6) is 5.75 Å². The van der Waals surface area contributed by atoms with Crippen LogP contribution in [0.15, 0.2) is 46.9 Å². The molecular formula is C20H18N2O8. The number of nitrogens with zero attached hydrogens (tertiary/aromatic N) is 1. The van der Waals surface area contributed by atoms with E-state index in [-0.39, 0.29) is 29.5 Å². The summed E-state index contributed by atoms with van der Waals surface area (Å²) < 4.78 is 20.8. The first-order valence-electron chi connectivity index (χ1n) is 8.73. The minimum Gasteiger partial charge on any atom is -0.495 e. The van der Waals surface area contributed by atoms with Gasteiger partial charge in [0.25, 0.3) is 11.6 Å². The third-order valence-corrected chi connectivity index (χ3v) is 4.17. The summed E-state index contributed by atoms with van der Waals surface area (Å²) in [5.74, 6) is -1.37. The molecule has 1 heterocycles. The number of methoxy groups -OCH3 is 2. The Morgan fingerprint density at radius 3 is 2.63 bits per heavy atom. The summed E-state index contributed by atoms with van der Waals surface area (Å²) in [5.41, 5.74) is 0.854. The van der Waals surface area contributed by atoms with Crippen molar-refractivity contribution < 1.29 is 33.1 Å². The van der Waals surface area contributed by atoms with E-state index in [1.54, 1.807) is 24.3 Å². The number of non-ortho nitro benzene ring substituents is 1. The van der Waals surface area contributed by atoms with Gasteiger partial charge in [0.2, 0.25) is 5.76 Å². The summed E-state index contributed by atoms with van der Waals surface area (Å²) in [6, 6.07) is 10.8. The van der Waals surface area contributed by atoms with E-state index in [2.05, 4.69) is 5.32 Å². The number of carbonyl (C=O) groups is 2. The molecular weight excluding hydrogens is 396 g/mol. The molecule has 1 aromatic heterocycles. The topological polar surface area (TPSA) is 130 Å². The zero-order valence-corrected chi connectivity index (χ0v) is 16.2. The highest BCUT2D eigenvalue weighted by molar-refractivity contribution is 5.98. The third-order valence-electron chi connectivity index (χ3n) is 4.17. The van der Waals surface area contributed by atoms with Gasteiger partial charge in [-0.15, -0.1) is 0 Å². The number of furan rings is 1. The van der Waals surface area contributed by atoms with Crippen LogP contribution in [-0.2, 0) is 20.9 Å². The van der Waals surface area contributed by atoms with Crippen LogP contribution in [0, 0.1) is 10.1 Å². The number of anilines is 1. The Balaban J connectivity index is 1.72. The maximum Gasteiger partial charge on any atom is 0.375 e. The molecule has 30 heavy (non-hydrogen) atoms. The zero-order valence-electron chi connectivity index (χ0n) is 16.2. The highest BCUT2D eigenvalue weighted by Gasteiger charge is 2.23. The molecule has 0 bridgehead atoms. The number of hydrogen-bond donors (Lipinski definition) is 1. The Labute approximate surface area is 170 Å². The first kappa shape index (κ1) is 20.8. The molecule has 0 radical (unpaired) electrons. The molecule has 0 saturated heterocycles. The molecule has 1 N–H and O–H groups in total. The summed E-state index contributed by atoms with van der Waals surface area (Å²) in [6.07, 6.45) is 0. The number of nitro groups is 1. The molecule has 0 saturated carbocycles. The number of rotatable bonds is 8. The molecule has 3 rings (SSSR count). The smallest absolute Gasteiger partial charge is 0.375 e. The van der Waals surface area contributed by atoms with E-state index in [4.69, 9.17) is 18.6 Å². The number of benzene rings is 2. The third kappa shape index (κ3) is 4.39. The second-order valence-electron chi connectivity index (χ2n) is 6.10. The monoisotopic (exact) mass is 414 g/mol. The van der Waals surface area contributed by atoms with E-state index < -0.39 is 23.4 Å². The van der Waals surface area contributed by atoms with Crippen LogP contribution in [0.2, 0.25) is 0 Å². The number of nitrogens with one attached hydrogen (secondary N) is 1. The average molecular weight is 414 g/mol. The van der Waals surface area contributed by atoms with Crippen molar-refractivity contribution >= 4 is 34.2 Å². The van der Waals surface area contributed by atoms with Gasteiger partial charge in [0.15, 0.2) is 6.61 Å². The molecule has 10 heteroatoms. The van der Waals surface area contributed by atoms with E-state index in [1.165, 1.54) is 26.4 Å². The highest BCUT2D eigenvalue weighted by Crippen LogP contribution is 2.29. The number of fused-ring (bicyclic) bond motifs is 1. The van der Waals surface area contributed by atoms with Crippen LogP contribution in [-0.4, -0.2) is 37.6 Å². The van der Waals surface area contributed by atoms with Crippen LogP contribution >= 0.6 is 0 Å². The number of hydrogen-bond acceptors (Lipinski definition) is 8. The fourth-order valence-electron chi connectivity index (χ4n) is 2.84. The van der Waals surface area contributed by atoms with E-state index in [0.717, 1.165) is 6.07 Å². The molecule has 0 spiro atoms. The molecule has 1 amide bonds. The minimum atomic E-state index is -0.834. The molecule has 10 nitrogen and oxygen atoms in total. The van der Waals surface area contributed by atoms with Crippen molar-refractivity contribution in [2.45, 2.75) is 6.61 Å². The van der Waals surface area contributed by atoms with E-state index in [0.29, 0.717) is 16.5 Å². The number of para-hydroxylation sites is 1. The lowest BCUT2D eigenvalue weighted by atomic mass is 10.1. The maximum absolute atomic E-state index is 12.5. The summed E-state index contributed by atoms with van der Waals surface area (Å²) >= 11 is 0. The van der Waals surface area contributed by atoms with Crippen molar-refractivity contribution in [1.82, 2.24) is 0 Å². The van der Waals surface area contributed by atoms with Crippen molar-refractivity contribution in [3.63, 3.8) is 0 Å². The van der Waals surface area contributed by atoms with Crippen LogP contribution in [0.25, 0.3) is 11.0 Å². The summed E-state index contributed by atoms with van der Waals surface area (Å²) in [4.78, 5) is 35.0. The van der Waals surface area contributed by atoms with Crippen LogP contribution in [0.4, 0.5) is 11.4 Å². The first-order chi connectivity index (χ1) is 14.4. The van der Waals surface area contributed by atoms with Gasteiger partial charge < -0.3 is 23.9 Å². The predicted octanol–water partition coefficient (Wildman–Crippen LogP) is 3.29. The molecule has 0 aliphatic heterocycles. The van der Waals surface area contributed by atoms with Gasteiger partial charge in [-0.05, 0) is 12.1 Å². The number of amides is 1. The summed E-state index contributed by atoms with van der Waals surface area (Å²) in [6.45, 7) is -0.507. The molecule has 0 unspecified atom stereocenters. The van der Waals surface area contributed by atoms with Gasteiger partial charge in [-0.25, -0.2) is 4.79 Å². The lowest BCUT2D eigenvalue weighted by Crippen LogP contribution is -2.21. The fraction of sp³-hybridized carbons (Fsp3) is 0.200. The van der Waals surface area contributed by atoms with Gasteiger partial charge in [0, 0.05) is 30.2 Å². The molecule has 3 aromatic rings. The van der Waals surface area contributed by atoms with Crippen LogP contribution in [0.1, 0.15) is 16.1 Å². The standard InChI is InChI=1S/C20H18N2O8/c1-27-10-14-13-5-3-4-6-16(13)30-19(14)20(24)29-11-18(23)21-15-9-12(22(25)26)7-8-17(15)28-2/h3-9H,10-11H2,1-2H3,(H,21,23). The van der Waals surface area contributed by atoms with Crippen molar-refractivity contribution in [3.8, 4) is 5.75 Å². The van der Waals surface area contributed by atoms with Crippen molar-refractivity contribution in [1.29, 1.82) is 0 Å². The average Bonchev–Trinajstić information content (AvgIpc) is 3.11. The zero-order chi connectivity index (χ0) is 21.7. The van der Waals surface area contributed by atoms with Gasteiger partial charge in [-0.2, -0.15) is 0 Å². The molecule has 156 valence electrons. The van der Waals surface area contributed by atoms with Gasteiger partial charge in [-0.1, -0.05) is 18.2 Å². The van der Waals surface area contributed by atoms with Gasteiger partial charge >= 0.3 is 5.97 Å². The SMILES string of the molecule is COCc1c(C(=O)OCC(=O)Nc2cc([N+](=O)[O-])ccc2OC)oc2ccccc12. The van der Waals surface area contributed by atoms with Crippen molar-refractivity contribution in [2.24, 2.45) is 0 Å². The maximum atomic E-state index is 12.5. The van der Waals surface area contributed by atoms with Crippen LogP contribution in [0.3, 0.4) is 0 Å². The molecule has 0 aliphatic rings. The Bertz CT molecular complexity index is 1110. The lowest BCUT2D eigenvalue weighted by Gasteiger charge is -2.10. The van der Waals surface area contributed by atoms with Gasteiger partial charge in [0.05, 0.1) is 24.3 Å². The van der Waals surface area contributed by atoms with E-state index >= 15 is 0 Å². The normalized spacial score (nSPS) is 10.6. The molecule has 2 aromatic carbocycles. The van der Waals surface area contributed by atoms with E-state index in [9.17, 15) is 19.7 Å². The second kappa shape index (κ2) is 9.05. The summed E-state index contributed by atoms with van der Waals surface area (Å²) in [5, 5.41) is 14.1. The number of carbonyl (C=O) groups excluding carboxylic acids is 2. The number of nitro benzene ring substituents is 1. The lowest BCUT2D eigenvalue weighted by molar-refractivity contribution is -0.384. The predicted molar refractivity (Wildman–Crippen MR) is 105 cm³/mol. The Morgan fingerprint density at radius 1 is 1.17 bits per heavy atom. The van der Waals surface area contributed by atoms with Crippen LogP contribution < -0.4 is 10.1 Å². The molecule has 0 fully saturated rings. The number of esters is 1. The minimum absolute atomic E-state index is 0.0567.